The molecule has 0 spiro atoms. The SMILES string of the molecule is O=C(COc1ccc(Cl)cc1/C=C1\SC(=S)N(C(Cc2ccccc2)C(=O)O)C1=O)Nc1ccc(F)cc1. The molecular formula is C27H20ClFN2O5S2. The molecule has 1 saturated heterocycles. The van der Waals surface area contributed by atoms with Gasteiger partial charge >= 0.3 is 5.97 Å². The van der Waals surface area contributed by atoms with Gasteiger partial charge < -0.3 is 15.2 Å². The topological polar surface area (TPSA) is 95.9 Å². The standard InChI is InChI=1S/C27H20ClFN2O5S2/c28-18-6-11-22(36-15-24(32)30-20-9-7-19(29)8-10-20)17(13-18)14-23-25(33)31(27(37)38-23)21(26(34)35)12-16-4-2-1-3-5-16/h1-11,13-14,21H,12,15H2,(H,30,32)(H,34,35)/b23-14-. The summed E-state index contributed by atoms with van der Waals surface area (Å²) in [5.41, 5.74) is 1.56. The first-order chi connectivity index (χ1) is 18.2. The first kappa shape index (κ1) is 27.3. The largest absolute Gasteiger partial charge is 0.483 e. The van der Waals surface area contributed by atoms with E-state index in [1.54, 1.807) is 42.5 Å². The number of hydrogen-bond donors (Lipinski definition) is 2. The maximum Gasteiger partial charge on any atom is 0.327 e. The van der Waals surface area contributed by atoms with Crippen molar-refractivity contribution in [1.29, 1.82) is 0 Å². The van der Waals surface area contributed by atoms with Gasteiger partial charge in [-0.25, -0.2) is 9.18 Å². The Balaban J connectivity index is 1.51. The minimum atomic E-state index is -1.18. The fourth-order valence-corrected chi connectivity index (χ4v) is 5.18. The van der Waals surface area contributed by atoms with E-state index in [2.05, 4.69) is 5.32 Å². The van der Waals surface area contributed by atoms with Crippen molar-refractivity contribution < 1.29 is 28.6 Å². The molecule has 0 saturated carbocycles. The summed E-state index contributed by atoms with van der Waals surface area (Å²) < 4.78 is 18.9. The summed E-state index contributed by atoms with van der Waals surface area (Å²) in [4.78, 5) is 38.9. The summed E-state index contributed by atoms with van der Waals surface area (Å²) >= 11 is 12.5. The van der Waals surface area contributed by atoms with E-state index in [0.717, 1.165) is 22.2 Å². The number of benzene rings is 3. The van der Waals surface area contributed by atoms with Gasteiger partial charge in [0.25, 0.3) is 11.8 Å². The van der Waals surface area contributed by atoms with Crippen LogP contribution in [0, 0.1) is 5.82 Å². The number of nitrogens with one attached hydrogen (secondary N) is 1. The average molecular weight is 571 g/mol. The molecule has 3 aromatic rings. The number of thiocarbonyl (C=S) groups is 1. The highest BCUT2D eigenvalue weighted by Gasteiger charge is 2.40. The van der Waals surface area contributed by atoms with Crippen molar-refractivity contribution >= 4 is 69.4 Å². The van der Waals surface area contributed by atoms with E-state index in [1.807, 2.05) is 6.07 Å². The molecule has 194 valence electrons. The van der Waals surface area contributed by atoms with Gasteiger partial charge in [0, 0.05) is 22.7 Å². The molecule has 1 aliphatic rings. The fourth-order valence-electron chi connectivity index (χ4n) is 3.65. The van der Waals surface area contributed by atoms with Gasteiger partial charge in [0.05, 0.1) is 4.91 Å². The number of carbonyl (C=O) groups excluding carboxylic acids is 2. The first-order valence-electron chi connectivity index (χ1n) is 11.2. The van der Waals surface area contributed by atoms with Gasteiger partial charge in [0.2, 0.25) is 0 Å². The van der Waals surface area contributed by atoms with Crippen molar-refractivity contribution in [1.82, 2.24) is 4.90 Å². The predicted molar refractivity (Wildman–Crippen MR) is 149 cm³/mol. The first-order valence-corrected chi connectivity index (χ1v) is 12.8. The Bertz CT molecular complexity index is 1420. The number of ether oxygens (including phenoxy) is 1. The number of carboxylic acids is 1. The van der Waals surface area contributed by atoms with E-state index in [-0.39, 0.29) is 28.0 Å². The molecule has 0 aromatic heterocycles. The Morgan fingerprint density at radius 3 is 2.53 bits per heavy atom. The number of carboxylic acid groups (broad SMARTS) is 1. The van der Waals surface area contributed by atoms with Crippen LogP contribution in [0.4, 0.5) is 10.1 Å². The van der Waals surface area contributed by atoms with Crippen LogP contribution in [0.25, 0.3) is 6.08 Å². The van der Waals surface area contributed by atoms with Gasteiger partial charge in [-0.05, 0) is 54.1 Å². The van der Waals surface area contributed by atoms with Crippen molar-refractivity contribution in [2.24, 2.45) is 0 Å². The Labute approximate surface area is 232 Å². The predicted octanol–water partition coefficient (Wildman–Crippen LogP) is 5.39. The zero-order chi connectivity index (χ0) is 27.2. The number of anilines is 1. The normalized spacial score (nSPS) is 15.0. The molecule has 2 amide bonds. The second-order valence-corrected chi connectivity index (χ2v) is 10.2. The molecule has 4 rings (SSSR count). The number of nitrogens with zero attached hydrogens (tertiary/aromatic N) is 1. The zero-order valence-corrected chi connectivity index (χ0v) is 22.0. The molecule has 7 nitrogen and oxygen atoms in total. The van der Waals surface area contributed by atoms with Crippen LogP contribution in [0.15, 0.2) is 77.7 Å². The number of thioether (sulfide) groups is 1. The second kappa shape index (κ2) is 12.2. The quantitative estimate of drug-likeness (QED) is 0.263. The van der Waals surface area contributed by atoms with Gasteiger partial charge in [-0.3, -0.25) is 14.5 Å². The van der Waals surface area contributed by atoms with E-state index < -0.39 is 29.6 Å². The monoisotopic (exact) mass is 570 g/mol. The van der Waals surface area contributed by atoms with Crippen molar-refractivity contribution in [3.63, 3.8) is 0 Å². The molecule has 1 unspecified atom stereocenters. The minimum absolute atomic E-state index is 0.0879. The molecule has 38 heavy (non-hydrogen) atoms. The lowest BCUT2D eigenvalue weighted by Crippen LogP contribution is -2.45. The summed E-state index contributed by atoms with van der Waals surface area (Å²) in [7, 11) is 0. The number of halogens is 2. The van der Waals surface area contributed by atoms with Crippen LogP contribution >= 0.6 is 35.6 Å². The van der Waals surface area contributed by atoms with Gasteiger partial charge in [-0.1, -0.05) is 65.9 Å². The van der Waals surface area contributed by atoms with E-state index in [0.29, 0.717) is 16.3 Å². The maximum atomic E-state index is 13.3. The van der Waals surface area contributed by atoms with Crippen LogP contribution in [-0.4, -0.2) is 44.8 Å². The lowest BCUT2D eigenvalue weighted by molar-refractivity contribution is -0.145. The summed E-state index contributed by atoms with van der Waals surface area (Å²) in [6, 6.07) is 17.7. The van der Waals surface area contributed by atoms with E-state index >= 15 is 0 Å². The van der Waals surface area contributed by atoms with Gasteiger partial charge in [-0.15, -0.1) is 0 Å². The van der Waals surface area contributed by atoms with Crippen LogP contribution in [0.5, 0.6) is 5.75 Å². The van der Waals surface area contributed by atoms with E-state index in [1.165, 1.54) is 30.3 Å². The number of amides is 2. The van der Waals surface area contributed by atoms with E-state index in [4.69, 9.17) is 28.6 Å². The second-order valence-electron chi connectivity index (χ2n) is 8.12. The average Bonchev–Trinajstić information content (AvgIpc) is 3.16. The van der Waals surface area contributed by atoms with Crippen molar-refractivity contribution in [3.05, 3.63) is 99.7 Å². The number of hydrogen-bond acceptors (Lipinski definition) is 6. The summed E-state index contributed by atoms with van der Waals surface area (Å²) in [5, 5.41) is 12.8. The molecule has 3 aromatic carbocycles. The Morgan fingerprint density at radius 2 is 1.84 bits per heavy atom. The fraction of sp³-hybridized carbons (Fsp3) is 0.111. The lowest BCUT2D eigenvalue weighted by Gasteiger charge is -2.23. The number of rotatable bonds is 9. The summed E-state index contributed by atoms with van der Waals surface area (Å²) in [5.74, 6) is -2.36. The van der Waals surface area contributed by atoms with Gasteiger partial charge in [-0.2, -0.15) is 0 Å². The minimum Gasteiger partial charge on any atom is -0.483 e. The molecule has 1 heterocycles. The van der Waals surface area contributed by atoms with Gasteiger partial charge in [0.1, 0.15) is 21.9 Å². The van der Waals surface area contributed by atoms with Crippen LogP contribution in [-0.2, 0) is 20.8 Å². The zero-order valence-electron chi connectivity index (χ0n) is 19.6. The number of carbonyl (C=O) groups is 3. The molecule has 0 radical (unpaired) electrons. The highest BCUT2D eigenvalue weighted by molar-refractivity contribution is 8.26. The van der Waals surface area contributed by atoms with Crippen LogP contribution in [0.2, 0.25) is 5.02 Å². The van der Waals surface area contributed by atoms with Crippen molar-refractivity contribution in [2.45, 2.75) is 12.5 Å². The number of aliphatic carboxylic acids is 1. The molecular weight excluding hydrogens is 551 g/mol. The van der Waals surface area contributed by atoms with Crippen molar-refractivity contribution in [3.8, 4) is 5.75 Å². The van der Waals surface area contributed by atoms with Crippen LogP contribution in [0.1, 0.15) is 11.1 Å². The molecule has 0 bridgehead atoms. The molecule has 11 heteroatoms. The molecule has 1 aliphatic heterocycles. The van der Waals surface area contributed by atoms with Gasteiger partial charge in [0.15, 0.2) is 6.61 Å². The van der Waals surface area contributed by atoms with Crippen LogP contribution < -0.4 is 10.1 Å². The third-order valence-electron chi connectivity index (χ3n) is 5.44. The highest BCUT2D eigenvalue weighted by Crippen LogP contribution is 2.36. The highest BCUT2D eigenvalue weighted by atomic mass is 35.5. The maximum absolute atomic E-state index is 13.3. The third kappa shape index (κ3) is 6.77. The Hall–Kier alpha value is -3.73. The van der Waals surface area contributed by atoms with Crippen LogP contribution in [0.3, 0.4) is 0 Å². The van der Waals surface area contributed by atoms with E-state index in [9.17, 15) is 23.9 Å². The Morgan fingerprint density at radius 1 is 1.13 bits per heavy atom. The summed E-state index contributed by atoms with van der Waals surface area (Å²) in [6.45, 7) is -0.362. The third-order valence-corrected chi connectivity index (χ3v) is 7.00. The Kier molecular flexibility index (Phi) is 8.77. The van der Waals surface area contributed by atoms with Crippen molar-refractivity contribution in [2.75, 3.05) is 11.9 Å². The molecule has 1 atom stereocenters. The molecule has 2 N–H and O–H groups in total. The molecule has 1 fully saturated rings. The summed E-state index contributed by atoms with van der Waals surface area (Å²) in [6.07, 6.45) is 1.59. The molecule has 0 aliphatic carbocycles. The lowest BCUT2D eigenvalue weighted by atomic mass is 10.0. The smallest absolute Gasteiger partial charge is 0.327 e.